The Morgan fingerprint density at radius 1 is 0.964 bits per heavy atom. The maximum atomic E-state index is 12.4. The first kappa shape index (κ1) is 19.8. The number of hydrogen-bond donors (Lipinski definition) is 1. The number of carboxylic acid groups (broad SMARTS) is 1. The molecule has 0 radical (unpaired) electrons. The van der Waals surface area contributed by atoms with E-state index in [2.05, 4.69) is 4.40 Å². The van der Waals surface area contributed by atoms with Crippen molar-refractivity contribution in [3.8, 4) is 0 Å². The third-order valence-electron chi connectivity index (χ3n) is 4.54. The third-order valence-corrected chi connectivity index (χ3v) is 5.78. The summed E-state index contributed by atoms with van der Waals surface area (Å²) in [6.45, 7) is 1.64. The van der Waals surface area contributed by atoms with E-state index in [9.17, 15) is 18.3 Å². The molecule has 0 atom stereocenters. The summed E-state index contributed by atoms with van der Waals surface area (Å²) in [5.74, 6) is -1.05. The van der Waals surface area contributed by atoms with Gasteiger partial charge in [0.25, 0.3) is 10.0 Å². The second-order valence-corrected chi connectivity index (χ2v) is 8.22. The number of benzene rings is 2. The molecule has 2 aromatic rings. The molecule has 0 aliphatic carbocycles. The van der Waals surface area contributed by atoms with Gasteiger partial charge in [0.2, 0.25) is 0 Å². The zero-order valence-corrected chi connectivity index (χ0v) is 16.2. The van der Waals surface area contributed by atoms with Crippen LogP contribution in [-0.4, -0.2) is 43.8 Å². The highest BCUT2D eigenvalue weighted by Gasteiger charge is 2.14. The highest BCUT2D eigenvalue weighted by atomic mass is 32.2. The van der Waals surface area contributed by atoms with Crippen LogP contribution >= 0.6 is 0 Å². The van der Waals surface area contributed by atoms with Crippen molar-refractivity contribution in [3.05, 3.63) is 65.7 Å². The van der Waals surface area contributed by atoms with E-state index >= 15 is 0 Å². The Morgan fingerprint density at radius 2 is 1.61 bits per heavy atom. The van der Waals surface area contributed by atoms with Crippen molar-refractivity contribution in [1.29, 1.82) is 0 Å². The minimum atomic E-state index is -3.78. The van der Waals surface area contributed by atoms with Crippen LogP contribution in [0.15, 0.2) is 63.9 Å². The van der Waals surface area contributed by atoms with Gasteiger partial charge in [0.1, 0.15) is 6.34 Å². The molecule has 1 aliphatic heterocycles. The molecule has 2 aromatic carbocycles. The fourth-order valence-corrected chi connectivity index (χ4v) is 3.87. The van der Waals surface area contributed by atoms with Crippen molar-refractivity contribution in [2.75, 3.05) is 13.1 Å². The van der Waals surface area contributed by atoms with Gasteiger partial charge in [0, 0.05) is 13.1 Å². The minimum absolute atomic E-state index is 0.0782. The Balaban J connectivity index is 1.80. The molecular weight excluding hydrogens is 376 g/mol. The molecule has 1 N–H and O–H groups in total. The highest BCUT2D eigenvalue weighted by Crippen LogP contribution is 2.20. The van der Waals surface area contributed by atoms with Crippen LogP contribution in [0.3, 0.4) is 0 Å². The normalized spacial score (nSPS) is 15.7. The Labute approximate surface area is 164 Å². The van der Waals surface area contributed by atoms with Crippen molar-refractivity contribution in [3.63, 3.8) is 0 Å². The summed E-state index contributed by atoms with van der Waals surface area (Å²) >= 11 is 0. The molecular formula is C21H22N2O4S. The van der Waals surface area contributed by atoms with Gasteiger partial charge < -0.3 is 10.0 Å². The van der Waals surface area contributed by atoms with Crippen molar-refractivity contribution in [2.24, 2.45) is 4.40 Å². The summed E-state index contributed by atoms with van der Waals surface area (Å²) in [5.41, 5.74) is 1.32. The summed E-state index contributed by atoms with van der Waals surface area (Å²) in [6.07, 6.45) is 6.17. The number of carboxylic acids is 1. The summed E-state index contributed by atoms with van der Waals surface area (Å²) in [4.78, 5) is 13.6. The van der Waals surface area contributed by atoms with Crippen molar-refractivity contribution < 1.29 is 18.3 Å². The molecule has 1 heterocycles. The number of piperidine rings is 1. The molecule has 1 saturated heterocycles. The van der Waals surface area contributed by atoms with E-state index in [4.69, 9.17) is 0 Å². The maximum absolute atomic E-state index is 12.4. The Morgan fingerprint density at radius 3 is 2.21 bits per heavy atom. The van der Waals surface area contributed by atoms with E-state index in [1.165, 1.54) is 24.5 Å². The lowest BCUT2D eigenvalue weighted by Gasteiger charge is -2.23. The molecule has 0 saturated carbocycles. The van der Waals surface area contributed by atoms with Gasteiger partial charge in [-0.25, -0.2) is 4.79 Å². The number of nitrogens with zero attached hydrogens (tertiary/aromatic N) is 2. The lowest BCUT2D eigenvalue weighted by molar-refractivity contribution is -0.130. The fourth-order valence-electron chi connectivity index (χ4n) is 3.01. The first-order valence-electron chi connectivity index (χ1n) is 9.11. The van der Waals surface area contributed by atoms with Crippen LogP contribution in [0, 0.1) is 0 Å². The van der Waals surface area contributed by atoms with E-state index in [1.807, 2.05) is 11.0 Å². The van der Waals surface area contributed by atoms with Gasteiger partial charge in [-0.15, -0.1) is 4.40 Å². The van der Waals surface area contributed by atoms with Crippen LogP contribution in [0.1, 0.15) is 30.4 Å². The monoisotopic (exact) mass is 398 g/mol. The summed E-state index contributed by atoms with van der Waals surface area (Å²) < 4.78 is 28.6. The van der Waals surface area contributed by atoms with Gasteiger partial charge in [-0.2, -0.15) is 8.42 Å². The molecule has 0 unspecified atom stereocenters. The Bertz CT molecular complexity index is 975. The van der Waals surface area contributed by atoms with E-state index in [0.29, 0.717) is 11.1 Å². The van der Waals surface area contributed by atoms with E-state index in [-0.39, 0.29) is 10.5 Å². The van der Waals surface area contributed by atoms with Crippen LogP contribution in [0.2, 0.25) is 0 Å². The second-order valence-electron chi connectivity index (χ2n) is 6.59. The number of aliphatic carboxylic acids is 1. The molecule has 0 spiro atoms. The largest absolute Gasteiger partial charge is 0.478 e. The number of likely N-dealkylation sites (tertiary alicyclic amines) is 1. The first-order valence-corrected chi connectivity index (χ1v) is 10.5. The van der Waals surface area contributed by atoms with Crippen molar-refractivity contribution in [1.82, 2.24) is 4.90 Å². The molecule has 7 heteroatoms. The quantitative estimate of drug-likeness (QED) is 0.348. The first-order chi connectivity index (χ1) is 13.5. The number of carbonyl (C=O) groups is 1. The van der Waals surface area contributed by atoms with Crippen LogP contribution in [-0.2, 0) is 14.8 Å². The predicted octanol–water partition coefficient (Wildman–Crippen LogP) is 3.51. The highest BCUT2D eigenvalue weighted by molar-refractivity contribution is 7.90. The number of rotatable bonds is 6. The lowest BCUT2D eigenvalue weighted by atomic mass is 10.0. The standard InChI is InChI=1S/C21H22N2O4S/c24-21(25)20(18-7-3-1-4-8-18)15-17-9-11-19(12-10-17)28(26,27)22-16-23-13-5-2-6-14-23/h1,3-4,7-12,15-16H,2,5-6,13-14H2,(H,24,25)/b20-15+,22-16+. The molecule has 0 aromatic heterocycles. The minimum Gasteiger partial charge on any atom is -0.478 e. The van der Waals surface area contributed by atoms with Gasteiger partial charge in [0.15, 0.2) is 0 Å². The molecule has 6 nitrogen and oxygen atoms in total. The second kappa shape index (κ2) is 8.84. The van der Waals surface area contributed by atoms with Crippen LogP contribution in [0.5, 0.6) is 0 Å². The van der Waals surface area contributed by atoms with E-state index in [0.717, 1.165) is 32.4 Å². The van der Waals surface area contributed by atoms with Gasteiger partial charge in [-0.3, -0.25) is 0 Å². The molecule has 0 bridgehead atoms. The molecule has 146 valence electrons. The molecule has 0 amide bonds. The Hall–Kier alpha value is -2.93. The van der Waals surface area contributed by atoms with Crippen LogP contribution < -0.4 is 0 Å². The smallest absolute Gasteiger partial charge is 0.336 e. The summed E-state index contributed by atoms with van der Waals surface area (Å²) in [6, 6.07) is 14.8. The average Bonchev–Trinajstić information content (AvgIpc) is 2.72. The number of sulfonamides is 1. The van der Waals surface area contributed by atoms with Crippen molar-refractivity contribution in [2.45, 2.75) is 24.2 Å². The molecule has 1 aliphatic rings. The zero-order valence-electron chi connectivity index (χ0n) is 15.4. The maximum Gasteiger partial charge on any atom is 0.336 e. The van der Waals surface area contributed by atoms with Crippen LogP contribution in [0.25, 0.3) is 11.6 Å². The fraction of sp³-hybridized carbons (Fsp3) is 0.238. The van der Waals surface area contributed by atoms with Gasteiger partial charge >= 0.3 is 5.97 Å². The molecule has 1 fully saturated rings. The van der Waals surface area contributed by atoms with Crippen LogP contribution in [0.4, 0.5) is 0 Å². The lowest BCUT2D eigenvalue weighted by Crippen LogP contribution is -2.28. The summed E-state index contributed by atoms with van der Waals surface area (Å²) in [5, 5.41) is 9.48. The Kier molecular flexibility index (Phi) is 6.26. The predicted molar refractivity (Wildman–Crippen MR) is 109 cm³/mol. The summed E-state index contributed by atoms with van der Waals surface area (Å²) in [7, 11) is -3.78. The van der Waals surface area contributed by atoms with Gasteiger partial charge in [0.05, 0.1) is 10.5 Å². The number of hydrogen-bond acceptors (Lipinski definition) is 3. The SMILES string of the molecule is O=C(O)/C(=C/c1ccc(S(=O)(=O)/N=C/N2CCCCC2)cc1)c1ccccc1. The van der Waals surface area contributed by atoms with Crippen molar-refractivity contribution >= 4 is 34.0 Å². The van der Waals surface area contributed by atoms with Gasteiger partial charge in [-0.05, 0) is 48.6 Å². The molecule has 28 heavy (non-hydrogen) atoms. The van der Waals surface area contributed by atoms with Gasteiger partial charge in [-0.1, -0.05) is 42.5 Å². The van der Waals surface area contributed by atoms with E-state index < -0.39 is 16.0 Å². The topological polar surface area (TPSA) is 87.0 Å². The molecule has 3 rings (SSSR count). The average molecular weight is 398 g/mol. The van der Waals surface area contributed by atoms with E-state index in [1.54, 1.807) is 36.4 Å². The third kappa shape index (κ3) is 5.07. The zero-order chi connectivity index (χ0) is 20.0.